The van der Waals surface area contributed by atoms with Gasteiger partial charge in [-0.3, -0.25) is 9.59 Å². The van der Waals surface area contributed by atoms with Crippen molar-refractivity contribution in [1.29, 1.82) is 0 Å². The quantitative estimate of drug-likeness (QED) is 0.790. The summed E-state index contributed by atoms with van der Waals surface area (Å²) in [6.07, 6.45) is 0. The number of carbonyl (C=O) groups is 2. The molecular weight excluding hydrogens is 382 g/mol. The molecule has 6 heteroatoms. The monoisotopic (exact) mass is 411 g/mol. The minimum absolute atomic E-state index is 0.0480. The van der Waals surface area contributed by atoms with Crippen molar-refractivity contribution in [1.82, 2.24) is 9.80 Å². The van der Waals surface area contributed by atoms with Crippen LogP contribution in [0.1, 0.15) is 24.1 Å². The van der Waals surface area contributed by atoms with Crippen LogP contribution in [0.4, 0.5) is 5.69 Å². The third-order valence-electron chi connectivity index (χ3n) is 5.20. The van der Waals surface area contributed by atoms with Crippen LogP contribution in [0.15, 0.2) is 54.6 Å². The molecule has 1 N–H and O–H groups in total. The van der Waals surface area contributed by atoms with Gasteiger partial charge in [0.2, 0.25) is 11.8 Å². The summed E-state index contributed by atoms with van der Waals surface area (Å²) in [5.74, 6) is 0.265. The zero-order valence-corrected chi connectivity index (χ0v) is 18.1. The van der Waals surface area contributed by atoms with Crippen molar-refractivity contribution in [2.45, 2.75) is 25.1 Å². The van der Waals surface area contributed by atoms with Crippen LogP contribution in [0.5, 0.6) is 0 Å². The zero-order valence-electron chi connectivity index (χ0n) is 17.3. The van der Waals surface area contributed by atoms with Crippen LogP contribution in [0.25, 0.3) is 0 Å². The van der Waals surface area contributed by atoms with Crippen LogP contribution in [-0.4, -0.2) is 59.3 Å². The van der Waals surface area contributed by atoms with Crippen LogP contribution < -0.4 is 5.32 Å². The van der Waals surface area contributed by atoms with E-state index in [4.69, 9.17) is 0 Å². The number of hydrogen-bond acceptors (Lipinski definition) is 4. The predicted octanol–water partition coefficient (Wildman–Crippen LogP) is 3.57. The molecule has 5 nitrogen and oxygen atoms in total. The van der Waals surface area contributed by atoms with E-state index in [-0.39, 0.29) is 28.9 Å². The Labute approximate surface area is 177 Å². The van der Waals surface area contributed by atoms with Gasteiger partial charge >= 0.3 is 0 Å². The second-order valence-corrected chi connectivity index (χ2v) is 8.92. The highest BCUT2D eigenvalue weighted by Gasteiger charge is 2.32. The number of thioether (sulfide) groups is 1. The number of aryl methyl sites for hydroxylation is 1. The summed E-state index contributed by atoms with van der Waals surface area (Å²) in [4.78, 5) is 29.7. The smallest absolute Gasteiger partial charge is 0.236 e. The Morgan fingerprint density at radius 3 is 2.48 bits per heavy atom. The Kier molecular flexibility index (Phi) is 7.34. The van der Waals surface area contributed by atoms with Gasteiger partial charge in [-0.1, -0.05) is 48.0 Å². The molecule has 1 heterocycles. The van der Waals surface area contributed by atoms with Gasteiger partial charge in [-0.05, 0) is 38.6 Å². The molecule has 2 amide bonds. The van der Waals surface area contributed by atoms with Gasteiger partial charge in [0.25, 0.3) is 0 Å². The average Bonchev–Trinajstić information content (AvgIpc) is 2.73. The minimum atomic E-state index is -0.270. The average molecular weight is 412 g/mol. The zero-order chi connectivity index (χ0) is 20.8. The Morgan fingerprint density at radius 1 is 1.10 bits per heavy atom. The molecule has 3 rings (SSSR count). The Bertz CT molecular complexity index is 826. The van der Waals surface area contributed by atoms with Crippen molar-refractivity contribution in [2.24, 2.45) is 0 Å². The van der Waals surface area contributed by atoms with Crippen molar-refractivity contribution in [3.05, 3.63) is 65.7 Å². The molecule has 0 aromatic heterocycles. The molecule has 29 heavy (non-hydrogen) atoms. The minimum Gasteiger partial charge on any atom is -0.332 e. The van der Waals surface area contributed by atoms with E-state index in [1.807, 2.05) is 61.2 Å². The highest BCUT2D eigenvalue weighted by atomic mass is 32.2. The van der Waals surface area contributed by atoms with Gasteiger partial charge in [0.05, 0.1) is 17.0 Å². The summed E-state index contributed by atoms with van der Waals surface area (Å²) in [7, 11) is 2.09. The summed E-state index contributed by atoms with van der Waals surface area (Å²) >= 11 is 1.39. The van der Waals surface area contributed by atoms with Gasteiger partial charge in [0, 0.05) is 25.3 Å². The molecule has 0 radical (unpaired) electrons. The molecule has 2 aromatic carbocycles. The van der Waals surface area contributed by atoms with Gasteiger partial charge in [-0.15, -0.1) is 11.8 Å². The normalized spacial score (nSPS) is 18.3. The van der Waals surface area contributed by atoms with E-state index in [1.165, 1.54) is 11.8 Å². The molecule has 1 fully saturated rings. The summed E-state index contributed by atoms with van der Waals surface area (Å²) in [5.41, 5.74) is 3.09. The molecule has 2 aromatic rings. The van der Waals surface area contributed by atoms with E-state index in [0.717, 1.165) is 29.9 Å². The van der Waals surface area contributed by atoms with Crippen molar-refractivity contribution in [3.63, 3.8) is 0 Å². The maximum absolute atomic E-state index is 13.2. The summed E-state index contributed by atoms with van der Waals surface area (Å²) < 4.78 is 0. The first-order chi connectivity index (χ1) is 13.9. The molecular formula is C23H29N3O2S. The number of rotatable bonds is 6. The Balaban J connectivity index is 1.57. The number of nitrogens with one attached hydrogen (secondary N) is 1. The number of likely N-dealkylation sites (N-methyl/N-ethyl adjacent to an activating group) is 1. The molecule has 154 valence electrons. The lowest BCUT2D eigenvalue weighted by atomic mass is 10.0. The fourth-order valence-corrected chi connectivity index (χ4v) is 4.23. The lowest BCUT2D eigenvalue weighted by Crippen LogP contribution is -2.51. The second-order valence-electron chi connectivity index (χ2n) is 7.59. The third-order valence-corrected chi connectivity index (χ3v) is 6.33. The predicted molar refractivity (Wildman–Crippen MR) is 120 cm³/mol. The number of nitrogens with zero attached hydrogens (tertiary/aromatic N) is 2. The van der Waals surface area contributed by atoms with E-state index >= 15 is 0 Å². The maximum Gasteiger partial charge on any atom is 0.236 e. The lowest BCUT2D eigenvalue weighted by Gasteiger charge is -2.41. The van der Waals surface area contributed by atoms with Crippen LogP contribution >= 0.6 is 11.8 Å². The lowest BCUT2D eigenvalue weighted by molar-refractivity contribution is -0.135. The summed E-state index contributed by atoms with van der Waals surface area (Å²) in [5, 5.41) is 2.62. The van der Waals surface area contributed by atoms with Crippen molar-refractivity contribution in [3.8, 4) is 0 Å². The first kappa shape index (κ1) is 21.4. The van der Waals surface area contributed by atoms with Crippen LogP contribution in [0, 0.1) is 6.92 Å². The van der Waals surface area contributed by atoms with E-state index < -0.39 is 0 Å². The molecule has 1 saturated heterocycles. The van der Waals surface area contributed by atoms with Gasteiger partial charge in [-0.25, -0.2) is 0 Å². The Hall–Kier alpha value is -2.31. The topological polar surface area (TPSA) is 52.7 Å². The van der Waals surface area contributed by atoms with Crippen LogP contribution in [0.2, 0.25) is 0 Å². The first-order valence-corrected chi connectivity index (χ1v) is 11.0. The highest BCUT2D eigenvalue weighted by Crippen LogP contribution is 2.27. The van der Waals surface area contributed by atoms with Gasteiger partial charge in [0.15, 0.2) is 0 Å². The van der Waals surface area contributed by atoms with Crippen LogP contribution in [-0.2, 0) is 9.59 Å². The molecule has 1 aliphatic heterocycles. The number of amides is 2. The van der Waals surface area contributed by atoms with Crippen LogP contribution in [0.3, 0.4) is 0 Å². The van der Waals surface area contributed by atoms with Gasteiger partial charge in [0.1, 0.15) is 0 Å². The molecule has 0 unspecified atom stereocenters. The largest absolute Gasteiger partial charge is 0.332 e. The fraction of sp³-hybridized carbons (Fsp3) is 0.391. The molecule has 0 spiro atoms. The molecule has 2 atom stereocenters. The van der Waals surface area contributed by atoms with E-state index in [9.17, 15) is 9.59 Å². The number of carbonyl (C=O) groups excluding carboxylic acids is 2. The third kappa shape index (κ3) is 5.84. The SMILES string of the molecule is Cc1ccc(NC(=O)CS[C@@H](C)C(=O)N2CCN(C)C[C@H]2c2ccccc2)cc1. The number of benzene rings is 2. The van der Waals surface area contributed by atoms with Gasteiger partial charge in [-0.2, -0.15) is 0 Å². The fourth-order valence-electron chi connectivity index (χ4n) is 3.48. The van der Waals surface area contributed by atoms with E-state index in [2.05, 4.69) is 29.4 Å². The number of anilines is 1. The van der Waals surface area contributed by atoms with Crippen molar-refractivity contribution in [2.75, 3.05) is 37.8 Å². The number of hydrogen-bond donors (Lipinski definition) is 1. The maximum atomic E-state index is 13.2. The van der Waals surface area contributed by atoms with E-state index in [0.29, 0.717) is 6.54 Å². The molecule has 0 bridgehead atoms. The van der Waals surface area contributed by atoms with Crippen molar-refractivity contribution < 1.29 is 9.59 Å². The second kappa shape index (κ2) is 9.94. The summed E-state index contributed by atoms with van der Waals surface area (Å²) in [6, 6.07) is 17.9. The number of piperazine rings is 1. The molecule has 0 saturated carbocycles. The summed E-state index contributed by atoms with van der Waals surface area (Å²) in [6.45, 7) is 6.29. The molecule has 1 aliphatic rings. The van der Waals surface area contributed by atoms with Gasteiger partial charge < -0.3 is 15.1 Å². The standard InChI is InChI=1S/C23H29N3O2S/c1-17-9-11-20(12-10-17)24-22(27)16-29-18(2)23(28)26-14-13-25(3)15-21(26)19-7-5-4-6-8-19/h4-12,18,21H,13-16H2,1-3H3,(H,24,27)/t18-,21-/m0/s1. The molecule has 0 aliphatic carbocycles. The van der Waals surface area contributed by atoms with Crippen molar-refractivity contribution >= 4 is 29.3 Å². The van der Waals surface area contributed by atoms with E-state index in [1.54, 1.807) is 0 Å². The first-order valence-electron chi connectivity index (χ1n) is 9.96. The Morgan fingerprint density at radius 2 is 1.79 bits per heavy atom. The highest BCUT2D eigenvalue weighted by molar-refractivity contribution is 8.01.